The van der Waals surface area contributed by atoms with Crippen LogP contribution in [-0.2, 0) is 9.47 Å². The maximum atomic E-state index is 11.6. The minimum absolute atomic E-state index is 0.0273. The number of hydrogen-bond acceptors (Lipinski definition) is 16. The Balaban J connectivity index is 1.44. The molecule has 3 aliphatic heterocycles. The summed E-state index contributed by atoms with van der Waals surface area (Å²) in [5, 5.41) is 139. The summed E-state index contributed by atoms with van der Waals surface area (Å²) in [6.45, 7) is -1.49. The first-order valence-electron chi connectivity index (χ1n) is 17.7. The fourth-order valence-corrected chi connectivity index (χ4v) is 7.85. The van der Waals surface area contributed by atoms with Crippen LogP contribution >= 0.6 is 0 Å². The van der Waals surface area contributed by atoms with Gasteiger partial charge in [-0.15, -0.1) is 0 Å². The average Bonchev–Trinajstić information content (AvgIpc) is 3.57. The van der Waals surface area contributed by atoms with Crippen molar-refractivity contribution in [2.75, 3.05) is 13.2 Å². The Morgan fingerprint density at radius 2 is 1.07 bits per heavy atom. The predicted molar refractivity (Wildman–Crippen MR) is 194 cm³/mol. The first kappa shape index (κ1) is 39.3. The van der Waals surface area contributed by atoms with E-state index in [9.17, 15) is 66.4 Å². The second-order valence-electron chi connectivity index (χ2n) is 14.2. The van der Waals surface area contributed by atoms with Crippen molar-refractivity contribution in [3.05, 3.63) is 106 Å². The molecule has 7 rings (SSSR count). The Hall–Kier alpha value is -4.98. The Kier molecular flexibility index (Phi) is 10.9. The molecule has 13 N–H and O–H groups in total. The molecule has 3 heterocycles. The van der Waals surface area contributed by atoms with Crippen LogP contribution in [0.25, 0.3) is 12.2 Å². The highest BCUT2D eigenvalue weighted by Gasteiger charge is 2.50. The van der Waals surface area contributed by atoms with E-state index >= 15 is 0 Å². The van der Waals surface area contributed by atoms with Gasteiger partial charge >= 0.3 is 0 Å². The summed E-state index contributed by atoms with van der Waals surface area (Å²) in [4.78, 5) is 0. The van der Waals surface area contributed by atoms with E-state index in [-0.39, 0.29) is 33.9 Å². The molecule has 2 saturated heterocycles. The number of ether oxygens (including phenoxy) is 3. The second kappa shape index (κ2) is 15.5. The molecule has 298 valence electrons. The second-order valence-corrected chi connectivity index (χ2v) is 14.2. The third-order valence-electron chi connectivity index (χ3n) is 10.7. The van der Waals surface area contributed by atoms with Crippen LogP contribution in [-0.4, -0.2) is 129 Å². The van der Waals surface area contributed by atoms with Gasteiger partial charge in [0.15, 0.2) is 6.29 Å². The molecule has 16 nitrogen and oxygen atoms in total. The molecule has 0 bridgehead atoms. The molecule has 0 aromatic heterocycles. The third kappa shape index (κ3) is 6.90. The Labute approximate surface area is 318 Å². The van der Waals surface area contributed by atoms with Crippen molar-refractivity contribution in [1.82, 2.24) is 0 Å². The summed E-state index contributed by atoms with van der Waals surface area (Å²) in [6, 6.07) is 15.9. The van der Waals surface area contributed by atoms with Crippen molar-refractivity contribution in [1.29, 1.82) is 0 Å². The zero-order valence-corrected chi connectivity index (χ0v) is 29.4. The Morgan fingerprint density at radius 3 is 1.68 bits per heavy atom. The summed E-state index contributed by atoms with van der Waals surface area (Å²) in [5.41, 5.74) is 1.34. The van der Waals surface area contributed by atoms with Gasteiger partial charge in [-0.2, -0.15) is 0 Å². The van der Waals surface area contributed by atoms with E-state index in [1.807, 2.05) is 0 Å². The fraction of sp³-hybridized carbons (Fsp3) is 0.350. The van der Waals surface area contributed by atoms with E-state index in [2.05, 4.69) is 0 Å². The van der Waals surface area contributed by atoms with E-state index in [1.54, 1.807) is 36.4 Å². The van der Waals surface area contributed by atoms with E-state index in [0.29, 0.717) is 22.3 Å². The highest BCUT2D eigenvalue weighted by molar-refractivity contribution is 5.77. The highest BCUT2D eigenvalue weighted by atomic mass is 16.6. The van der Waals surface area contributed by atoms with Gasteiger partial charge in [0.25, 0.3) is 0 Å². The zero-order chi connectivity index (χ0) is 40.2. The number of hydrogen-bond donors (Lipinski definition) is 13. The number of benzene rings is 4. The van der Waals surface area contributed by atoms with Gasteiger partial charge in [0.05, 0.1) is 36.7 Å². The van der Waals surface area contributed by atoms with Crippen molar-refractivity contribution >= 4 is 12.2 Å². The predicted octanol–water partition coefficient (Wildman–Crippen LogP) is 0.680. The van der Waals surface area contributed by atoms with Crippen LogP contribution < -0.4 is 4.74 Å². The lowest BCUT2D eigenvalue weighted by atomic mass is 9.78. The number of aliphatic hydroxyl groups is 8. The summed E-state index contributed by atoms with van der Waals surface area (Å²) in [6.07, 6.45) is -12.8. The topological polar surface area (TPSA) is 291 Å². The maximum absolute atomic E-state index is 11.6. The number of aliphatic hydroxyl groups excluding tert-OH is 8. The summed E-state index contributed by atoms with van der Waals surface area (Å²) in [5.74, 6) is -4.39. The molecular weight excluding hydrogens is 736 g/mol. The first-order chi connectivity index (χ1) is 26.7. The monoisotopic (exact) mass is 778 g/mol. The van der Waals surface area contributed by atoms with Gasteiger partial charge in [0.1, 0.15) is 83.3 Å². The molecule has 4 aromatic rings. The van der Waals surface area contributed by atoms with Crippen LogP contribution in [0, 0.1) is 0 Å². The van der Waals surface area contributed by atoms with Crippen LogP contribution in [0.5, 0.6) is 34.5 Å². The van der Waals surface area contributed by atoms with E-state index in [0.717, 1.165) is 0 Å². The SMILES string of the molecule is OC[C@H]1O[C@@H](c2c(O)cc([C@@H]3c4c(/C=C/c5ccc(O)cc5)cc(O)c([C@@H]5[C@@H](O)[C@H](O)[C@@H](CO)O[C@H]5O)c4O[C@H]3c3ccc(O)cc3)cc2O)[C@H](O)[C@@H](O)[C@@H]1O. The van der Waals surface area contributed by atoms with Crippen molar-refractivity contribution in [2.45, 2.75) is 73.1 Å². The molecule has 4 aromatic carbocycles. The van der Waals surface area contributed by atoms with Crippen LogP contribution in [0.4, 0.5) is 0 Å². The quantitative estimate of drug-likeness (QED) is 0.110. The van der Waals surface area contributed by atoms with E-state index < -0.39 is 104 Å². The van der Waals surface area contributed by atoms with Crippen molar-refractivity contribution < 1.29 is 80.6 Å². The number of fused-ring (bicyclic) bond motifs is 1. The molecule has 12 atom stereocenters. The van der Waals surface area contributed by atoms with Crippen LogP contribution in [0.15, 0.2) is 66.7 Å². The van der Waals surface area contributed by atoms with Gasteiger partial charge in [-0.25, -0.2) is 0 Å². The molecule has 0 unspecified atom stereocenters. The zero-order valence-electron chi connectivity index (χ0n) is 29.4. The summed E-state index contributed by atoms with van der Waals surface area (Å²) >= 11 is 0. The number of phenols is 5. The normalized spacial score (nSPS) is 31.6. The highest BCUT2D eigenvalue weighted by Crippen LogP contribution is 2.58. The summed E-state index contributed by atoms with van der Waals surface area (Å²) < 4.78 is 17.7. The van der Waals surface area contributed by atoms with Gasteiger partial charge in [0, 0.05) is 11.1 Å². The average molecular weight is 779 g/mol. The smallest absolute Gasteiger partial charge is 0.164 e. The molecular formula is C40H42O16. The van der Waals surface area contributed by atoms with Gasteiger partial charge in [-0.1, -0.05) is 36.4 Å². The van der Waals surface area contributed by atoms with Crippen LogP contribution in [0.3, 0.4) is 0 Å². The third-order valence-corrected chi connectivity index (χ3v) is 10.7. The molecule has 0 radical (unpaired) electrons. The van der Waals surface area contributed by atoms with Gasteiger partial charge in [-0.3, -0.25) is 0 Å². The lowest BCUT2D eigenvalue weighted by Gasteiger charge is -2.40. The van der Waals surface area contributed by atoms with Crippen LogP contribution in [0.2, 0.25) is 0 Å². The van der Waals surface area contributed by atoms with E-state index in [4.69, 9.17) is 14.2 Å². The molecule has 2 fully saturated rings. The van der Waals surface area contributed by atoms with Gasteiger partial charge in [-0.05, 0) is 64.7 Å². The molecule has 56 heavy (non-hydrogen) atoms. The first-order valence-corrected chi connectivity index (χ1v) is 17.7. The maximum Gasteiger partial charge on any atom is 0.164 e. The Morgan fingerprint density at radius 1 is 0.518 bits per heavy atom. The van der Waals surface area contributed by atoms with E-state index in [1.165, 1.54) is 42.5 Å². The molecule has 3 aliphatic rings. The van der Waals surface area contributed by atoms with Gasteiger partial charge in [0.2, 0.25) is 0 Å². The van der Waals surface area contributed by atoms with Crippen LogP contribution in [0.1, 0.15) is 63.0 Å². The minimum atomic E-state index is -1.86. The molecule has 16 heteroatoms. The number of phenolic OH excluding ortho intramolecular Hbond substituents is 5. The molecule has 0 amide bonds. The standard InChI is InChI=1S/C40H42O16/c41-14-25-33(49)35(51)36(52)39(54-25)29-22(45)12-19(13-23(29)46)28-27-18(4-1-16-2-7-20(43)8-3-16)11-24(47)30(31-34(50)32(48)26(15-42)55-40(31)53)38(27)56-37(28)17-5-9-21(44)10-6-17/h1-13,25-26,28,31-37,39-53H,14-15H2/b4-1+/t25-,26-,28-,31-,32-,33-,34-,35+,36-,37+,39+,40-/m1/s1. The van der Waals surface area contributed by atoms with Gasteiger partial charge < -0.3 is 80.6 Å². The molecule has 0 saturated carbocycles. The minimum Gasteiger partial charge on any atom is -0.508 e. The van der Waals surface area contributed by atoms with Crippen molar-refractivity contribution in [3.63, 3.8) is 0 Å². The summed E-state index contributed by atoms with van der Waals surface area (Å²) in [7, 11) is 0. The molecule has 0 aliphatic carbocycles. The largest absolute Gasteiger partial charge is 0.508 e. The fourth-order valence-electron chi connectivity index (χ4n) is 7.85. The van der Waals surface area contributed by atoms with Crippen molar-refractivity contribution in [3.8, 4) is 34.5 Å². The molecule has 0 spiro atoms. The number of aromatic hydroxyl groups is 5. The lowest BCUT2D eigenvalue weighted by Crippen LogP contribution is -2.55. The van der Waals surface area contributed by atoms with Crippen molar-refractivity contribution in [2.24, 2.45) is 0 Å². The number of rotatable bonds is 8. The Bertz CT molecular complexity index is 2050. The lowest BCUT2D eigenvalue weighted by molar-refractivity contribution is -0.251.